The second kappa shape index (κ2) is 3.88. The molecule has 1 nitrogen and oxygen atoms in total. The molecule has 1 heteroatoms. The Labute approximate surface area is 74.9 Å². The fraction of sp³-hybridized carbons (Fsp3) is 0.727. The largest absolute Gasteiger partial charge is 0.300 e. The third-order valence-electron chi connectivity index (χ3n) is 2.93. The lowest BCUT2D eigenvalue weighted by Crippen LogP contribution is -2.03. The van der Waals surface area contributed by atoms with Crippen molar-refractivity contribution in [2.45, 2.75) is 46.5 Å². The first-order valence-electron chi connectivity index (χ1n) is 4.83. The molecule has 1 unspecified atom stereocenters. The summed E-state index contributed by atoms with van der Waals surface area (Å²) in [7, 11) is 0. The van der Waals surface area contributed by atoms with Crippen LogP contribution in [-0.2, 0) is 4.79 Å². The van der Waals surface area contributed by atoms with Crippen LogP contribution in [0.2, 0.25) is 0 Å². The Morgan fingerprint density at radius 3 is 2.67 bits per heavy atom. The molecule has 0 spiro atoms. The minimum atomic E-state index is 0.330. The summed E-state index contributed by atoms with van der Waals surface area (Å²) < 4.78 is 0. The number of Topliss-reactive ketones (excluding diaryl/α,β-unsaturated/α-hetero) is 1. The van der Waals surface area contributed by atoms with Crippen molar-refractivity contribution in [3.05, 3.63) is 11.1 Å². The Hall–Kier alpha value is -0.590. The Balaban J connectivity index is 2.60. The van der Waals surface area contributed by atoms with Gasteiger partial charge in [-0.3, -0.25) is 0 Å². The lowest BCUT2D eigenvalue weighted by atomic mass is 9.96. The number of carbonyl (C=O) groups excluding carboxylic acids is 1. The number of carbonyl (C=O) groups is 1. The second-order valence-electron chi connectivity index (χ2n) is 3.78. The van der Waals surface area contributed by atoms with Gasteiger partial charge in [0.2, 0.25) is 0 Å². The smallest absolute Gasteiger partial charge is 0.130 e. The summed E-state index contributed by atoms with van der Waals surface area (Å²) in [5, 5.41) is 0. The first kappa shape index (κ1) is 9.50. The van der Waals surface area contributed by atoms with E-state index in [-0.39, 0.29) is 0 Å². The van der Waals surface area contributed by atoms with E-state index < -0.39 is 0 Å². The van der Waals surface area contributed by atoms with Gasteiger partial charge >= 0.3 is 0 Å². The molecular weight excluding hydrogens is 148 g/mol. The van der Waals surface area contributed by atoms with E-state index in [1.165, 1.54) is 24.8 Å². The molecule has 0 aromatic rings. The molecule has 0 bridgehead atoms. The van der Waals surface area contributed by atoms with E-state index in [0.717, 1.165) is 6.42 Å². The molecule has 0 saturated carbocycles. The Morgan fingerprint density at radius 1 is 1.58 bits per heavy atom. The van der Waals surface area contributed by atoms with Crippen LogP contribution in [0.4, 0.5) is 0 Å². The lowest BCUT2D eigenvalue weighted by molar-refractivity contribution is -0.117. The highest BCUT2D eigenvalue weighted by molar-refractivity contribution is 5.76. The zero-order valence-electron chi connectivity index (χ0n) is 8.31. The number of ketones is 1. The number of hydrogen-bond donors (Lipinski definition) is 0. The van der Waals surface area contributed by atoms with E-state index in [2.05, 4.69) is 13.8 Å². The van der Waals surface area contributed by atoms with Crippen molar-refractivity contribution in [1.29, 1.82) is 0 Å². The molecule has 0 aromatic carbocycles. The van der Waals surface area contributed by atoms with E-state index in [1.54, 1.807) is 12.5 Å². The molecule has 1 rings (SSSR count). The van der Waals surface area contributed by atoms with Gasteiger partial charge in [-0.2, -0.15) is 0 Å². The maximum absolute atomic E-state index is 10.9. The molecule has 68 valence electrons. The molecule has 0 heterocycles. The highest BCUT2D eigenvalue weighted by Crippen LogP contribution is 2.35. The first-order valence-corrected chi connectivity index (χ1v) is 4.83. The minimum Gasteiger partial charge on any atom is -0.300 e. The monoisotopic (exact) mass is 166 g/mol. The highest BCUT2D eigenvalue weighted by atomic mass is 16.1. The van der Waals surface area contributed by atoms with Crippen LogP contribution in [0.1, 0.15) is 46.5 Å². The molecule has 0 aliphatic heterocycles. The molecule has 12 heavy (non-hydrogen) atoms. The molecule has 0 fully saturated rings. The molecular formula is C11H18O. The predicted octanol–water partition coefficient (Wildman–Crippen LogP) is 3.10. The van der Waals surface area contributed by atoms with Crippen LogP contribution in [0.3, 0.4) is 0 Å². The van der Waals surface area contributed by atoms with Crippen LogP contribution in [-0.4, -0.2) is 5.78 Å². The summed E-state index contributed by atoms with van der Waals surface area (Å²) in [6.07, 6.45) is 4.35. The number of allylic oxidation sites excluding steroid dienone is 2. The fourth-order valence-corrected chi connectivity index (χ4v) is 2.11. The van der Waals surface area contributed by atoms with Gasteiger partial charge in [-0.05, 0) is 39.0 Å². The quantitative estimate of drug-likeness (QED) is 0.589. The molecule has 1 atom stereocenters. The van der Waals surface area contributed by atoms with E-state index in [0.29, 0.717) is 11.7 Å². The zero-order chi connectivity index (χ0) is 9.14. The summed E-state index contributed by atoms with van der Waals surface area (Å²) in [5.74, 6) is 0.897. The maximum Gasteiger partial charge on any atom is 0.130 e. The van der Waals surface area contributed by atoms with Crippen LogP contribution < -0.4 is 0 Å². The van der Waals surface area contributed by atoms with Gasteiger partial charge in [-0.25, -0.2) is 0 Å². The number of hydrogen-bond acceptors (Lipinski definition) is 1. The normalized spacial score (nSPS) is 23.4. The highest BCUT2D eigenvalue weighted by Gasteiger charge is 2.21. The van der Waals surface area contributed by atoms with E-state index >= 15 is 0 Å². The van der Waals surface area contributed by atoms with Gasteiger partial charge in [0.25, 0.3) is 0 Å². The lowest BCUT2D eigenvalue weighted by Gasteiger charge is -2.08. The molecule has 0 radical (unpaired) electrons. The third kappa shape index (κ3) is 1.96. The Kier molecular flexibility index (Phi) is 3.07. The van der Waals surface area contributed by atoms with Gasteiger partial charge in [0, 0.05) is 6.42 Å². The van der Waals surface area contributed by atoms with Gasteiger partial charge in [-0.1, -0.05) is 18.1 Å². The maximum atomic E-state index is 10.9. The van der Waals surface area contributed by atoms with Crippen molar-refractivity contribution >= 4 is 5.78 Å². The van der Waals surface area contributed by atoms with Gasteiger partial charge in [0.1, 0.15) is 5.78 Å². The van der Waals surface area contributed by atoms with Crippen LogP contribution in [0, 0.1) is 5.92 Å². The summed E-state index contributed by atoms with van der Waals surface area (Å²) in [6, 6.07) is 0. The van der Waals surface area contributed by atoms with Crippen molar-refractivity contribution < 1.29 is 4.79 Å². The zero-order valence-corrected chi connectivity index (χ0v) is 8.31. The second-order valence-corrected chi connectivity index (χ2v) is 3.78. The van der Waals surface area contributed by atoms with Crippen LogP contribution in [0.25, 0.3) is 0 Å². The van der Waals surface area contributed by atoms with E-state index in [9.17, 15) is 4.79 Å². The Morgan fingerprint density at radius 2 is 2.25 bits per heavy atom. The predicted molar refractivity (Wildman–Crippen MR) is 51.0 cm³/mol. The van der Waals surface area contributed by atoms with Gasteiger partial charge < -0.3 is 4.79 Å². The fourth-order valence-electron chi connectivity index (χ4n) is 2.11. The molecule has 0 amide bonds. The minimum absolute atomic E-state index is 0.330. The van der Waals surface area contributed by atoms with Crippen molar-refractivity contribution in [1.82, 2.24) is 0 Å². The Bertz CT molecular complexity index is 213. The molecule has 0 aromatic heterocycles. The summed E-state index contributed by atoms with van der Waals surface area (Å²) in [6.45, 7) is 6.09. The van der Waals surface area contributed by atoms with Gasteiger partial charge in [0.15, 0.2) is 0 Å². The molecule has 0 N–H and O–H groups in total. The molecule has 0 saturated heterocycles. The van der Waals surface area contributed by atoms with Crippen molar-refractivity contribution in [3.8, 4) is 0 Å². The van der Waals surface area contributed by atoms with Gasteiger partial charge in [0.05, 0.1) is 0 Å². The van der Waals surface area contributed by atoms with E-state index in [1.807, 2.05) is 0 Å². The van der Waals surface area contributed by atoms with Crippen LogP contribution in [0.5, 0.6) is 0 Å². The molecule has 1 aliphatic carbocycles. The number of rotatable bonds is 3. The summed E-state index contributed by atoms with van der Waals surface area (Å²) in [4.78, 5) is 10.9. The van der Waals surface area contributed by atoms with Crippen molar-refractivity contribution in [2.75, 3.05) is 0 Å². The van der Waals surface area contributed by atoms with E-state index in [4.69, 9.17) is 0 Å². The summed E-state index contributed by atoms with van der Waals surface area (Å²) >= 11 is 0. The standard InChI is InChI=1S/C11H18O/c1-4-10-5-6-11(9(10)3)7-8(2)12/h11H,4-7H2,1-3H3. The van der Waals surface area contributed by atoms with Crippen molar-refractivity contribution in [3.63, 3.8) is 0 Å². The first-order chi connectivity index (χ1) is 5.65. The molecule has 1 aliphatic rings. The topological polar surface area (TPSA) is 17.1 Å². The van der Waals surface area contributed by atoms with Crippen LogP contribution in [0.15, 0.2) is 11.1 Å². The average molecular weight is 166 g/mol. The third-order valence-corrected chi connectivity index (χ3v) is 2.93. The van der Waals surface area contributed by atoms with Crippen molar-refractivity contribution in [2.24, 2.45) is 5.92 Å². The van der Waals surface area contributed by atoms with Gasteiger partial charge in [-0.15, -0.1) is 0 Å². The van der Waals surface area contributed by atoms with Crippen LogP contribution >= 0.6 is 0 Å². The summed E-state index contributed by atoms with van der Waals surface area (Å²) in [5.41, 5.74) is 3.08. The SMILES string of the molecule is CCC1=C(C)C(CC(C)=O)CC1. The average Bonchev–Trinajstić information content (AvgIpc) is 2.32.